The molecule has 2 rings (SSSR count). The van der Waals surface area contributed by atoms with Crippen molar-refractivity contribution < 1.29 is 23.5 Å². The lowest BCUT2D eigenvalue weighted by atomic mass is 10.2. The van der Waals surface area contributed by atoms with Crippen LogP contribution in [0.3, 0.4) is 0 Å². The number of rotatable bonds is 5. The van der Waals surface area contributed by atoms with Crippen LogP contribution in [0.4, 0.5) is 14.5 Å². The van der Waals surface area contributed by atoms with Crippen molar-refractivity contribution in [3.63, 3.8) is 0 Å². The van der Waals surface area contributed by atoms with Crippen molar-refractivity contribution in [3.8, 4) is 0 Å². The number of carbonyl (C=O) groups is 2. The van der Waals surface area contributed by atoms with Gasteiger partial charge in [-0.3, -0.25) is 14.6 Å². The third-order valence-electron chi connectivity index (χ3n) is 2.93. The molecule has 22 heavy (non-hydrogen) atoms. The normalized spacial score (nSPS) is 10.3. The van der Waals surface area contributed by atoms with Crippen LogP contribution in [0, 0.1) is 11.6 Å². The molecular weight excluding hydrogens is 294 g/mol. The summed E-state index contributed by atoms with van der Waals surface area (Å²) in [5.41, 5.74) is -0.409. The lowest BCUT2D eigenvalue weighted by molar-refractivity contribution is -0.136. The number of nitrogens with zero attached hydrogens (tertiary/aromatic N) is 2. The van der Waals surface area contributed by atoms with Crippen LogP contribution in [0.15, 0.2) is 42.7 Å². The summed E-state index contributed by atoms with van der Waals surface area (Å²) in [5, 5.41) is 8.76. The molecule has 2 aromatic rings. The third-order valence-corrected chi connectivity index (χ3v) is 2.93. The zero-order valence-electron chi connectivity index (χ0n) is 11.4. The average molecular weight is 306 g/mol. The van der Waals surface area contributed by atoms with Gasteiger partial charge in [0.25, 0.3) is 5.91 Å². The molecule has 0 radical (unpaired) electrons. The van der Waals surface area contributed by atoms with Gasteiger partial charge in [-0.05, 0) is 24.3 Å². The summed E-state index contributed by atoms with van der Waals surface area (Å²) in [7, 11) is 0. The number of aliphatic carboxylic acids is 1. The van der Waals surface area contributed by atoms with Gasteiger partial charge in [0.2, 0.25) is 0 Å². The summed E-state index contributed by atoms with van der Waals surface area (Å²) in [5.74, 6) is -3.75. The number of hydrogen-bond donors (Lipinski definition) is 1. The summed E-state index contributed by atoms with van der Waals surface area (Å²) < 4.78 is 27.8. The van der Waals surface area contributed by atoms with E-state index in [-0.39, 0.29) is 12.1 Å². The van der Waals surface area contributed by atoms with Crippen molar-refractivity contribution in [2.24, 2.45) is 0 Å². The van der Waals surface area contributed by atoms with Gasteiger partial charge < -0.3 is 10.0 Å². The fraction of sp³-hybridized carbons (Fsp3) is 0.133. The van der Waals surface area contributed by atoms with E-state index >= 15 is 0 Å². The number of para-hydroxylation sites is 1. The number of carboxylic acids is 1. The van der Waals surface area contributed by atoms with E-state index in [1.54, 1.807) is 0 Å². The first-order valence-corrected chi connectivity index (χ1v) is 6.38. The molecule has 1 heterocycles. The second-order valence-corrected chi connectivity index (χ2v) is 4.41. The van der Waals surface area contributed by atoms with Crippen LogP contribution in [0.25, 0.3) is 0 Å². The summed E-state index contributed by atoms with van der Waals surface area (Å²) in [6.07, 6.45) is 2.28. The van der Waals surface area contributed by atoms with Crippen molar-refractivity contribution >= 4 is 17.6 Å². The van der Waals surface area contributed by atoms with E-state index in [0.717, 1.165) is 17.0 Å². The van der Waals surface area contributed by atoms with Gasteiger partial charge in [-0.25, -0.2) is 8.78 Å². The number of carboxylic acid groups (broad SMARTS) is 1. The summed E-state index contributed by atoms with van der Waals surface area (Å²) in [4.78, 5) is 27.7. The highest BCUT2D eigenvalue weighted by Gasteiger charge is 2.24. The minimum absolute atomic E-state index is 0.156. The van der Waals surface area contributed by atoms with Crippen molar-refractivity contribution in [2.45, 2.75) is 6.42 Å². The lowest BCUT2D eigenvalue weighted by Gasteiger charge is -2.23. The Morgan fingerprint density at radius 2 is 1.68 bits per heavy atom. The molecule has 0 saturated carbocycles. The second kappa shape index (κ2) is 6.75. The Hall–Kier alpha value is -2.83. The van der Waals surface area contributed by atoms with Gasteiger partial charge in [0.05, 0.1) is 6.42 Å². The molecule has 0 aliphatic carbocycles. The van der Waals surface area contributed by atoms with E-state index in [0.29, 0.717) is 0 Å². The highest BCUT2D eigenvalue weighted by Crippen LogP contribution is 2.25. The smallest absolute Gasteiger partial charge is 0.305 e. The molecule has 0 fully saturated rings. The molecule has 1 aromatic carbocycles. The monoisotopic (exact) mass is 306 g/mol. The Morgan fingerprint density at radius 3 is 2.23 bits per heavy atom. The zero-order valence-corrected chi connectivity index (χ0v) is 11.4. The Bertz CT molecular complexity index is 672. The van der Waals surface area contributed by atoms with Crippen LogP contribution >= 0.6 is 0 Å². The average Bonchev–Trinajstić information content (AvgIpc) is 2.50. The van der Waals surface area contributed by atoms with Gasteiger partial charge in [-0.2, -0.15) is 0 Å². The predicted octanol–water partition coefficient (Wildman–Crippen LogP) is 2.48. The fourth-order valence-electron chi connectivity index (χ4n) is 1.92. The topological polar surface area (TPSA) is 70.5 Å². The van der Waals surface area contributed by atoms with Gasteiger partial charge in [0.15, 0.2) is 0 Å². The van der Waals surface area contributed by atoms with Crippen LogP contribution in [0.5, 0.6) is 0 Å². The van der Waals surface area contributed by atoms with Crippen LogP contribution in [-0.4, -0.2) is 28.5 Å². The highest BCUT2D eigenvalue weighted by molar-refractivity contribution is 6.06. The minimum Gasteiger partial charge on any atom is -0.481 e. The minimum atomic E-state index is -1.18. The number of halogens is 2. The second-order valence-electron chi connectivity index (χ2n) is 4.41. The van der Waals surface area contributed by atoms with E-state index in [9.17, 15) is 18.4 Å². The maximum Gasteiger partial charge on any atom is 0.305 e. The molecule has 0 unspecified atom stereocenters. The number of anilines is 1. The van der Waals surface area contributed by atoms with Crippen molar-refractivity contribution in [1.29, 1.82) is 0 Å². The zero-order chi connectivity index (χ0) is 16.1. The quantitative estimate of drug-likeness (QED) is 0.921. The Balaban J connectivity index is 2.43. The van der Waals surface area contributed by atoms with Crippen LogP contribution < -0.4 is 4.90 Å². The molecular formula is C15H12F2N2O3. The molecule has 7 heteroatoms. The van der Waals surface area contributed by atoms with Gasteiger partial charge in [0, 0.05) is 24.5 Å². The van der Waals surface area contributed by atoms with E-state index in [2.05, 4.69) is 4.98 Å². The predicted molar refractivity (Wildman–Crippen MR) is 74.5 cm³/mol. The van der Waals surface area contributed by atoms with E-state index in [4.69, 9.17) is 5.11 Å². The number of benzene rings is 1. The molecule has 0 bridgehead atoms. The Labute approximate surface area is 124 Å². The fourth-order valence-corrected chi connectivity index (χ4v) is 1.92. The molecule has 1 N–H and O–H groups in total. The summed E-state index contributed by atoms with van der Waals surface area (Å²) in [6, 6.07) is 5.95. The summed E-state index contributed by atoms with van der Waals surface area (Å²) >= 11 is 0. The Morgan fingerprint density at radius 1 is 1.09 bits per heavy atom. The standard InChI is InChI=1S/C15H12F2N2O3/c16-11-2-1-3-12(17)14(11)19(9-6-13(20)21)15(22)10-4-7-18-8-5-10/h1-5,7-8H,6,9H2,(H,20,21). The molecule has 1 amide bonds. The molecule has 0 aliphatic rings. The van der Waals surface area contributed by atoms with Crippen LogP contribution in [0.2, 0.25) is 0 Å². The van der Waals surface area contributed by atoms with Crippen molar-refractivity contribution in [1.82, 2.24) is 4.98 Å². The maximum atomic E-state index is 13.9. The van der Waals surface area contributed by atoms with Crippen molar-refractivity contribution in [3.05, 3.63) is 59.9 Å². The van der Waals surface area contributed by atoms with E-state index < -0.39 is 35.6 Å². The summed E-state index contributed by atoms with van der Waals surface area (Å²) in [6.45, 7) is -0.353. The van der Waals surface area contributed by atoms with Crippen LogP contribution in [-0.2, 0) is 4.79 Å². The van der Waals surface area contributed by atoms with Gasteiger partial charge >= 0.3 is 5.97 Å². The Kier molecular flexibility index (Phi) is 4.77. The van der Waals surface area contributed by atoms with Gasteiger partial charge in [0.1, 0.15) is 17.3 Å². The molecule has 5 nitrogen and oxygen atoms in total. The van der Waals surface area contributed by atoms with E-state index in [1.165, 1.54) is 30.6 Å². The lowest BCUT2D eigenvalue weighted by Crippen LogP contribution is -2.34. The molecule has 0 spiro atoms. The SMILES string of the molecule is O=C(O)CCN(C(=O)c1ccncc1)c1c(F)cccc1F. The van der Waals surface area contributed by atoms with Gasteiger partial charge in [-0.15, -0.1) is 0 Å². The van der Waals surface area contributed by atoms with E-state index in [1.807, 2.05) is 0 Å². The van der Waals surface area contributed by atoms with Crippen molar-refractivity contribution in [2.75, 3.05) is 11.4 Å². The molecule has 0 atom stereocenters. The number of amides is 1. The molecule has 0 aliphatic heterocycles. The first-order valence-electron chi connectivity index (χ1n) is 6.38. The number of aromatic nitrogens is 1. The third kappa shape index (κ3) is 3.43. The maximum absolute atomic E-state index is 13.9. The molecule has 114 valence electrons. The molecule has 1 aromatic heterocycles. The van der Waals surface area contributed by atoms with Crippen LogP contribution in [0.1, 0.15) is 16.8 Å². The number of pyridine rings is 1. The van der Waals surface area contributed by atoms with Gasteiger partial charge in [-0.1, -0.05) is 6.07 Å². The molecule has 0 saturated heterocycles. The largest absolute Gasteiger partial charge is 0.481 e. The first kappa shape index (κ1) is 15.6. The highest BCUT2D eigenvalue weighted by atomic mass is 19.1. The first-order chi connectivity index (χ1) is 10.5. The number of carbonyl (C=O) groups excluding carboxylic acids is 1. The number of hydrogen-bond acceptors (Lipinski definition) is 3.